The Hall–Kier alpha value is -1.08. The first-order chi connectivity index (χ1) is 7.29. The van der Waals surface area contributed by atoms with Crippen molar-refractivity contribution in [2.75, 3.05) is 0 Å². The van der Waals surface area contributed by atoms with Crippen LogP contribution in [-0.2, 0) is 5.33 Å². The summed E-state index contributed by atoms with van der Waals surface area (Å²) in [5, 5.41) is 0.909. The van der Waals surface area contributed by atoms with E-state index in [-0.39, 0.29) is 0 Å². The maximum atomic E-state index is 3.48. The van der Waals surface area contributed by atoms with Crippen molar-refractivity contribution in [3.05, 3.63) is 59.7 Å². The lowest BCUT2D eigenvalue weighted by Crippen LogP contribution is -1.81. The number of aryl methyl sites for hydroxylation is 1. The molecule has 0 atom stereocenters. The molecular formula is C14H13Br. The van der Waals surface area contributed by atoms with Gasteiger partial charge >= 0.3 is 0 Å². The third-order valence-electron chi connectivity index (χ3n) is 2.47. The summed E-state index contributed by atoms with van der Waals surface area (Å²) in [4.78, 5) is 0. The molecule has 0 aliphatic rings. The van der Waals surface area contributed by atoms with Crippen LogP contribution >= 0.6 is 15.9 Å². The molecule has 0 aliphatic heterocycles. The minimum absolute atomic E-state index is 0.909. The molecule has 0 N–H and O–H groups in total. The average molecular weight is 261 g/mol. The highest BCUT2D eigenvalue weighted by Gasteiger charge is 1.97. The molecule has 0 nitrogen and oxygen atoms in total. The second kappa shape index (κ2) is 4.63. The molecule has 0 unspecified atom stereocenters. The molecule has 2 aromatic rings. The quantitative estimate of drug-likeness (QED) is 0.695. The number of alkyl halides is 1. The van der Waals surface area contributed by atoms with E-state index in [9.17, 15) is 0 Å². The Kier molecular flexibility index (Phi) is 3.22. The summed E-state index contributed by atoms with van der Waals surface area (Å²) in [5.74, 6) is 0. The van der Waals surface area contributed by atoms with Gasteiger partial charge < -0.3 is 0 Å². The van der Waals surface area contributed by atoms with E-state index in [0.29, 0.717) is 0 Å². The smallest absolute Gasteiger partial charge is 0.0283 e. The molecule has 0 amide bonds. The third kappa shape index (κ3) is 2.48. The zero-order valence-electron chi connectivity index (χ0n) is 8.70. The van der Waals surface area contributed by atoms with Crippen molar-refractivity contribution in [1.82, 2.24) is 0 Å². The Bertz CT molecular complexity index is 443. The summed E-state index contributed by atoms with van der Waals surface area (Å²) >= 11 is 3.48. The monoisotopic (exact) mass is 260 g/mol. The van der Waals surface area contributed by atoms with Crippen LogP contribution in [0.1, 0.15) is 11.1 Å². The van der Waals surface area contributed by atoms with Crippen molar-refractivity contribution < 1.29 is 0 Å². The van der Waals surface area contributed by atoms with E-state index in [1.54, 1.807) is 0 Å². The van der Waals surface area contributed by atoms with E-state index in [1.807, 2.05) is 0 Å². The molecule has 0 saturated heterocycles. The predicted molar refractivity (Wildman–Crippen MR) is 69.2 cm³/mol. The van der Waals surface area contributed by atoms with Gasteiger partial charge in [-0.25, -0.2) is 0 Å². The molecular weight excluding hydrogens is 248 g/mol. The summed E-state index contributed by atoms with van der Waals surface area (Å²) < 4.78 is 0. The first-order valence-corrected chi connectivity index (χ1v) is 6.14. The van der Waals surface area contributed by atoms with Crippen LogP contribution in [0.4, 0.5) is 0 Å². The lowest BCUT2D eigenvalue weighted by molar-refractivity contribution is 1.42. The lowest BCUT2D eigenvalue weighted by atomic mass is 10.0. The van der Waals surface area contributed by atoms with Crippen molar-refractivity contribution >= 4 is 15.9 Å². The molecule has 0 saturated carbocycles. The van der Waals surface area contributed by atoms with Crippen LogP contribution in [0.2, 0.25) is 0 Å². The van der Waals surface area contributed by atoms with Crippen LogP contribution in [0, 0.1) is 6.92 Å². The minimum Gasteiger partial charge on any atom is -0.0876 e. The molecule has 0 heterocycles. The molecule has 0 fully saturated rings. The Balaban J connectivity index is 2.40. The second-order valence-corrected chi connectivity index (χ2v) is 4.26. The van der Waals surface area contributed by atoms with E-state index in [1.165, 1.54) is 22.3 Å². The maximum Gasteiger partial charge on any atom is 0.0283 e. The van der Waals surface area contributed by atoms with Gasteiger partial charge in [-0.1, -0.05) is 70.0 Å². The van der Waals surface area contributed by atoms with E-state index in [4.69, 9.17) is 0 Å². The second-order valence-electron chi connectivity index (χ2n) is 3.70. The summed E-state index contributed by atoms with van der Waals surface area (Å²) in [6.07, 6.45) is 0. The fourth-order valence-electron chi connectivity index (χ4n) is 1.58. The molecule has 76 valence electrons. The normalized spacial score (nSPS) is 10.3. The number of hydrogen-bond donors (Lipinski definition) is 0. The fourth-order valence-corrected chi connectivity index (χ4v) is 1.93. The fraction of sp³-hybridized carbons (Fsp3) is 0.143. The van der Waals surface area contributed by atoms with Gasteiger partial charge in [0.25, 0.3) is 0 Å². The molecule has 2 aromatic carbocycles. The van der Waals surface area contributed by atoms with Gasteiger partial charge in [0.1, 0.15) is 0 Å². The molecule has 0 bridgehead atoms. The Morgan fingerprint density at radius 2 is 1.67 bits per heavy atom. The van der Waals surface area contributed by atoms with E-state index >= 15 is 0 Å². The molecule has 15 heavy (non-hydrogen) atoms. The molecule has 1 heteroatoms. The average Bonchev–Trinajstić information content (AvgIpc) is 2.30. The van der Waals surface area contributed by atoms with Gasteiger partial charge in [0.2, 0.25) is 0 Å². The standard InChI is InChI=1S/C14H13Br/c1-11-5-7-13(8-6-11)14-4-2-3-12(9-14)10-15/h2-9H,10H2,1H3. The highest BCUT2D eigenvalue weighted by molar-refractivity contribution is 9.08. The Labute approximate surface area is 99.1 Å². The summed E-state index contributed by atoms with van der Waals surface area (Å²) in [6, 6.07) is 17.2. The minimum atomic E-state index is 0.909. The largest absolute Gasteiger partial charge is 0.0876 e. The van der Waals surface area contributed by atoms with Gasteiger partial charge in [-0.15, -0.1) is 0 Å². The van der Waals surface area contributed by atoms with Crippen molar-refractivity contribution in [2.24, 2.45) is 0 Å². The van der Waals surface area contributed by atoms with Gasteiger partial charge in [0, 0.05) is 5.33 Å². The highest BCUT2D eigenvalue weighted by Crippen LogP contribution is 2.21. The summed E-state index contributed by atoms with van der Waals surface area (Å²) in [6.45, 7) is 2.11. The number of halogens is 1. The molecule has 0 aromatic heterocycles. The number of rotatable bonds is 2. The van der Waals surface area contributed by atoms with Crippen molar-refractivity contribution in [3.63, 3.8) is 0 Å². The molecule has 0 spiro atoms. The van der Waals surface area contributed by atoms with Crippen molar-refractivity contribution in [2.45, 2.75) is 12.3 Å². The molecule has 2 rings (SSSR count). The molecule has 0 radical (unpaired) electrons. The van der Waals surface area contributed by atoms with Crippen LogP contribution in [-0.4, -0.2) is 0 Å². The van der Waals surface area contributed by atoms with Gasteiger partial charge in [-0.3, -0.25) is 0 Å². The first kappa shape index (κ1) is 10.4. The number of benzene rings is 2. The van der Waals surface area contributed by atoms with Crippen LogP contribution in [0.3, 0.4) is 0 Å². The Morgan fingerprint density at radius 1 is 0.933 bits per heavy atom. The van der Waals surface area contributed by atoms with Gasteiger partial charge in [-0.2, -0.15) is 0 Å². The maximum absolute atomic E-state index is 3.48. The number of hydrogen-bond acceptors (Lipinski definition) is 0. The Morgan fingerprint density at radius 3 is 2.33 bits per heavy atom. The first-order valence-electron chi connectivity index (χ1n) is 5.01. The highest BCUT2D eigenvalue weighted by atomic mass is 79.9. The van der Waals surface area contributed by atoms with Gasteiger partial charge in [-0.05, 0) is 23.6 Å². The van der Waals surface area contributed by atoms with E-state index in [2.05, 4.69) is 71.4 Å². The van der Waals surface area contributed by atoms with Gasteiger partial charge in [0.15, 0.2) is 0 Å². The SMILES string of the molecule is Cc1ccc(-c2cccc(CBr)c2)cc1. The van der Waals surface area contributed by atoms with Crippen LogP contribution in [0.15, 0.2) is 48.5 Å². The predicted octanol–water partition coefficient (Wildman–Crippen LogP) is 4.56. The topological polar surface area (TPSA) is 0 Å². The molecule has 0 aliphatic carbocycles. The van der Waals surface area contributed by atoms with Crippen molar-refractivity contribution in [3.8, 4) is 11.1 Å². The summed E-state index contributed by atoms with van der Waals surface area (Å²) in [5.41, 5.74) is 5.18. The van der Waals surface area contributed by atoms with Crippen LogP contribution < -0.4 is 0 Å². The van der Waals surface area contributed by atoms with Gasteiger partial charge in [0.05, 0.1) is 0 Å². The zero-order chi connectivity index (χ0) is 10.7. The van der Waals surface area contributed by atoms with E-state index in [0.717, 1.165) is 5.33 Å². The van der Waals surface area contributed by atoms with Crippen LogP contribution in [0.25, 0.3) is 11.1 Å². The zero-order valence-corrected chi connectivity index (χ0v) is 10.3. The van der Waals surface area contributed by atoms with E-state index < -0.39 is 0 Å². The third-order valence-corrected chi connectivity index (χ3v) is 3.11. The lowest BCUT2D eigenvalue weighted by Gasteiger charge is -2.04. The summed E-state index contributed by atoms with van der Waals surface area (Å²) in [7, 11) is 0. The van der Waals surface area contributed by atoms with Crippen molar-refractivity contribution in [1.29, 1.82) is 0 Å². The van der Waals surface area contributed by atoms with Crippen LogP contribution in [0.5, 0.6) is 0 Å².